The van der Waals surface area contributed by atoms with Crippen LogP contribution in [-0.2, 0) is 14.8 Å². The van der Waals surface area contributed by atoms with Gasteiger partial charge in [-0.3, -0.25) is 4.79 Å². The largest absolute Gasteiger partial charge is 0.487 e. The fraction of sp³-hybridized carbons (Fsp3) is 0.611. The summed E-state index contributed by atoms with van der Waals surface area (Å²) in [6, 6.07) is 7.41. The Morgan fingerprint density at radius 3 is 2.56 bits per heavy atom. The third-order valence-electron chi connectivity index (χ3n) is 5.59. The van der Waals surface area contributed by atoms with Gasteiger partial charge in [0.15, 0.2) is 0 Å². The van der Waals surface area contributed by atoms with Crippen LogP contribution in [0.25, 0.3) is 0 Å². The molecule has 1 aromatic rings. The highest BCUT2D eigenvalue weighted by atomic mass is 32.2. The zero-order valence-corrected chi connectivity index (χ0v) is 15.2. The van der Waals surface area contributed by atoms with Crippen LogP contribution in [0, 0.1) is 0 Å². The fourth-order valence-corrected chi connectivity index (χ4v) is 5.49. The number of hydrogen-bond donors (Lipinski definition) is 1. The van der Waals surface area contributed by atoms with Gasteiger partial charge in [0.05, 0.1) is 11.3 Å². The maximum absolute atomic E-state index is 12.5. The first-order valence-corrected chi connectivity index (χ1v) is 10.5. The third-order valence-corrected chi connectivity index (χ3v) is 7.55. The van der Waals surface area contributed by atoms with Crippen LogP contribution in [0.4, 0.5) is 0 Å². The number of benzene rings is 1. The van der Waals surface area contributed by atoms with E-state index in [2.05, 4.69) is 4.72 Å². The Kier molecular flexibility index (Phi) is 4.03. The number of piperidine rings is 1. The Morgan fingerprint density at radius 1 is 1.24 bits per heavy atom. The summed E-state index contributed by atoms with van der Waals surface area (Å²) in [6.07, 6.45) is 3.56. The molecular formula is C18H24N2O4S. The minimum Gasteiger partial charge on any atom is -0.487 e. The van der Waals surface area contributed by atoms with E-state index >= 15 is 0 Å². The average molecular weight is 364 g/mol. The smallest absolute Gasteiger partial charge is 0.219 e. The van der Waals surface area contributed by atoms with Crippen molar-refractivity contribution in [3.8, 4) is 5.75 Å². The molecule has 136 valence electrons. The molecule has 1 spiro atoms. The summed E-state index contributed by atoms with van der Waals surface area (Å²) in [7, 11) is -3.28. The number of ether oxygens (including phenoxy) is 1. The standard InChI is InChI=1S/C18H24N2O4S/c1-13(21)20-10-8-18(9-11-20)12-16(19-25(22,23)14-6-7-14)15-4-2-3-5-17(15)24-18/h2-5,14,16,19H,6-12H2,1H3. The topological polar surface area (TPSA) is 75.7 Å². The van der Waals surface area contributed by atoms with Gasteiger partial charge in [-0.2, -0.15) is 0 Å². The van der Waals surface area contributed by atoms with Gasteiger partial charge in [0.2, 0.25) is 15.9 Å². The molecule has 1 aliphatic carbocycles. The van der Waals surface area contributed by atoms with Gasteiger partial charge in [0.1, 0.15) is 11.4 Å². The first-order chi connectivity index (χ1) is 11.9. The van der Waals surface area contributed by atoms with Crippen molar-refractivity contribution in [1.29, 1.82) is 0 Å². The SMILES string of the molecule is CC(=O)N1CCC2(CC1)CC(NS(=O)(=O)C1CC1)c1ccccc1O2. The molecule has 1 saturated carbocycles. The second-order valence-corrected chi connectivity index (χ2v) is 9.44. The Morgan fingerprint density at radius 2 is 1.92 bits per heavy atom. The Balaban J connectivity index is 1.60. The molecule has 2 aliphatic heterocycles. The molecule has 7 heteroatoms. The number of carbonyl (C=O) groups excluding carboxylic acids is 1. The van der Waals surface area contributed by atoms with Crippen LogP contribution in [0.3, 0.4) is 0 Å². The summed E-state index contributed by atoms with van der Waals surface area (Å²) in [4.78, 5) is 13.4. The van der Waals surface area contributed by atoms with Gasteiger partial charge in [0, 0.05) is 44.8 Å². The number of carbonyl (C=O) groups is 1. The van der Waals surface area contributed by atoms with E-state index < -0.39 is 15.6 Å². The maximum atomic E-state index is 12.5. The van der Waals surface area contributed by atoms with Gasteiger partial charge in [-0.15, -0.1) is 0 Å². The number of nitrogens with zero attached hydrogens (tertiary/aromatic N) is 1. The molecule has 25 heavy (non-hydrogen) atoms. The lowest BCUT2D eigenvalue weighted by molar-refractivity contribution is -0.132. The quantitative estimate of drug-likeness (QED) is 0.890. The minimum atomic E-state index is -3.28. The average Bonchev–Trinajstić information content (AvgIpc) is 3.40. The Hall–Kier alpha value is -1.60. The number of amides is 1. The molecule has 4 rings (SSSR count). The molecule has 0 radical (unpaired) electrons. The Labute approximate surface area is 148 Å². The second-order valence-electron chi connectivity index (χ2n) is 7.45. The predicted octanol–water partition coefficient (Wildman–Crippen LogP) is 1.97. The number of para-hydroxylation sites is 1. The van der Waals surface area contributed by atoms with Crippen molar-refractivity contribution < 1.29 is 17.9 Å². The van der Waals surface area contributed by atoms with Crippen molar-refractivity contribution in [3.05, 3.63) is 29.8 Å². The van der Waals surface area contributed by atoms with Crippen LogP contribution in [0.2, 0.25) is 0 Å². The highest BCUT2D eigenvalue weighted by molar-refractivity contribution is 7.90. The van der Waals surface area contributed by atoms with Gasteiger partial charge in [0.25, 0.3) is 0 Å². The van der Waals surface area contributed by atoms with E-state index in [9.17, 15) is 13.2 Å². The molecular weight excluding hydrogens is 340 g/mol. The lowest BCUT2D eigenvalue weighted by Crippen LogP contribution is -2.53. The number of likely N-dealkylation sites (tertiary alicyclic amines) is 1. The molecule has 2 fully saturated rings. The number of sulfonamides is 1. The molecule has 0 aromatic heterocycles. The summed E-state index contributed by atoms with van der Waals surface area (Å²) in [6.45, 7) is 2.89. The molecule has 1 saturated heterocycles. The van der Waals surface area contributed by atoms with Crippen molar-refractivity contribution in [1.82, 2.24) is 9.62 Å². The van der Waals surface area contributed by atoms with Crippen LogP contribution in [0.15, 0.2) is 24.3 Å². The molecule has 0 bridgehead atoms. The number of hydrogen-bond acceptors (Lipinski definition) is 4. The van der Waals surface area contributed by atoms with E-state index in [4.69, 9.17) is 4.74 Å². The van der Waals surface area contributed by atoms with E-state index in [1.807, 2.05) is 29.2 Å². The number of nitrogens with one attached hydrogen (secondary N) is 1. The normalized spacial score (nSPS) is 25.3. The number of rotatable bonds is 3. The van der Waals surface area contributed by atoms with Crippen LogP contribution in [0.5, 0.6) is 5.75 Å². The predicted molar refractivity (Wildman–Crippen MR) is 93.7 cm³/mol. The molecule has 1 N–H and O–H groups in total. The molecule has 6 nitrogen and oxygen atoms in total. The molecule has 1 aromatic carbocycles. The Bertz CT molecular complexity index is 780. The summed E-state index contributed by atoms with van der Waals surface area (Å²) in [5.74, 6) is 0.838. The van der Waals surface area contributed by atoms with E-state index in [1.54, 1.807) is 6.92 Å². The zero-order chi connectivity index (χ0) is 17.7. The van der Waals surface area contributed by atoms with Crippen LogP contribution < -0.4 is 9.46 Å². The highest BCUT2D eigenvalue weighted by Gasteiger charge is 2.46. The van der Waals surface area contributed by atoms with Crippen molar-refractivity contribution in [2.45, 2.75) is 55.9 Å². The molecule has 1 unspecified atom stereocenters. The van der Waals surface area contributed by atoms with E-state index in [1.165, 1.54) is 0 Å². The van der Waals surface area contributed by atoms with Crippen LogP contribution in [0.1, 0.15) is 50.6 Å². The van der Waals surface area contributed by atoms with Gasteiger partial charge in [-0.05, 0) is 18.9 Å². The summed E-state index contributed by atoms with van der Waals surface area (Å²) in [5, 5.41) is -0.238. The monoisotopic (exact) mass is 364 g/mol. The van der Waals surface area contributed by atoms with Gasteiger partial charge < -0.3 is 9.64 Å². The molecule has 1 atom stereocenters. The summed E-state index contributed by atoms with van der Waals surface area (Å²) < 4.78 is 34.2. The lowest BCUT2D eigenvalue weighted by Gasteiger charge is -2.46. The van der Waals surface area contributed by atoms with E-state index in [0.29, 0.717) is 19.5 Å². The van der Waals surface area contributed by atoms with Crippen LogP contribution >= 0.6 is 0 Å². The minimum absolute atomic E-state index is 0.0806. The summed E-state index contributed by atoms with van der Waals surface area (Å²) in [5.41, 5.74) is 0.503. The third kappa shape index (κ3) is 3.27. The molecule has 1 amide bonds. The number of fused-ring (bicyclic) bond motifs is 1. The zero-order valence-electron chi connectivity index (χ0n) is 14.4. The van der Waals surface area contributed by atoms with E-state index in [-0.39, 0.29) is 17.2 Å². The van der Waals surface area contributed by atoms with Crippen LogP contribution in [-0.4, -0.2) is 43.2 Å². The fourth-order valence-electron chi connectivity index (χ4n) is 3.93. The van der Waals surface area contributed by atoms with E-state index in [0.717, 1.165) is 37.0 Å². The second kappa shape index (κ2) is 5.99. The molecule has 3 aliphatic rings. The van der Waals surface area contributed by atoms with Crippen molar-refractivity contribution in [3.63, 3.8) is 0 Å². The van der Waals surface area contributed by atoms with Gasteiger partial charge >= 0.3 is 0 Å². The molecule has 2 heterocycles. The van der Waals surface area contributed by atoms with Gasteiger partial charge in [-0.1, -0.05) is 18.2 Å². The van der Waals surface area contributed by atoms with Crippen molar-refractivity contribution in [2.75, 3.05) is 13.1 Å². The lowest BCUT2D eigenvalue weighted by atomic mass is 9.81. The first-order valence-electron chi connectivity index (χ1n) is 8.93. The van der Waals surface area contributed by atoms with Crippen molar-refractivity contribution >= 4 is 15.9 Å². The highest BCUT2D eigenvalue weighted by Crippen LogP contribution is 2.45. The van der Waals surface area contributed by atoms with Crippen molar-refractivity contribution in [2.24, 2.45) is 0 Å². The van der Waals surface area contributed by atoms with Gasteiger partial charge in [-0.25, -0.2) is 13.1 Å². The summed E-state index contributed by atoms with van der Waals surface area (Å²) >= 11 is 0. The first kappa shape index (κ1) is 16.8. The maximum Gasteiger partial charge on any atom is 0.219 e.